The van der Waals surface area contributed by atoms with Crippen molar-refractivity contribution in [3.05, 3.63) is 0 Å². The zero-order valence-corrected chi connectivity index (χ0v) is 13.1. The van der Waals surface area contributed by atoms with Crippen molar-refractivity contribution >= 4 is 0 Å². The van der Waals surface area contributed by atoms with E-state index < -0.39 is 0 Å². The maximum atomic E-state index is 3.56. The van der Waals surface area contributed by atoms with Crippen LogP contribution in [-0.4, -0.2) is 62.2 Å². The van der Waals surface area contributed by atoms with Gasteiger partial charge >= 0.3 is 0 Å². The predicted octanol–water partition coefficient (Wildman–Crippen LogP) is 2.18. The van der Waals surface area contributed by atoms with Crippen LogP contribution in [0.15, 0.2) is 0 Å². The molecule has 1 saturated carbocycles. The molecule has 1 N–H and O–H groups in total. The Balaban J connectivity index is 2.43. The molecule has 1 rings (SSSR count). The van der Waals surface area contributed by atoms with E-state index in [4.69, 9.17) is 0 Å². The Morgan fingerprint density at radius 1 is 1.17 bits per heavy atom. The lowest BCUT2D eigenvalue weighted by Gasteiger charge is -2.50. The Hall–Kier alpha value is -0.120. The molecule has 1 aliphatic carbocycles. The molecule has 0 aromatic rings. The first-order chi connectivity index (χ1) is 8.55. The van der Waals surface area contributed by atoms with Crippen molar-refractivity contribution in [1.82, 2.24) is 15.1 Å². The second kappa shape index (κ2) is 7.46. The second-order valence-electron chi connectivity index (χ2n) is 6.15. The minimum Gasteiger partial charge on any atom is -0.315 e. The standard InChI is InChI=1S/C15H33N3/c1-6-11-16-12-14(7-2)18(5)13-15(17(3)4)9-8-10-15/h14,16H,6-13H2,1-5H3. The Labute approximate surface area is 114 Å². The molecule has 1 aliphatic rings. The molecule has 0 saturated heterocycles. The van der Waals surface area contributed by atoms with Gasteiger partial charge in [-0.05, 0) is 59.8 Å². The van der Waals surface area contributed by atoms with Crippen LogP contribution in [0.5, 0.6) is 0 Å². The number of hydrogen-bond acceptors (Lipinski definition) is 3. The van der Waals surface area contributed by atoms with Crippen LogP contribution in [0.2, 0.25) is 0 Å². The van der Waals surface area contributed by atoms with Gasteiger partial charge in [0.15, 0.2) is 0 Å². The van der Waals surface area contributed by atoms with Crippen LogP contribution in [0, 0.1) is 0 Å². The molecular formula is C15H33N3. The molecule has 3 nitrogen and oxygen atoms in total. The van der Waals surface area contributed by atoms with Gasteiger partial charge in [-0.3, -0.25) is 0 Å². The third kappa shape index (κ3) is 3.94. The van der Waals surface area contributed by atoms with E-state index >= 15 is 0 Å². The lowest BCUT2D eigenvalue weighted by Crippen LogP contribution is -2.58. The molecule has 18 heavy (non-hydrogen) atoms. The molecule has 3 heteroatoms. The fourth-order valence-corrected chi connectivity index (χ4v) is 2.98. The number of nitrogens with zero attached hydrogens (tertiary/aromatic N) is 2. The SMILES string of the molecule is CCCNCC(CC)N(C)CC1(N(C)C)CCC1. The van der Waals surface area contributed by atoms with Crippen molar-refractivity contribution in [1.29, 1.82) is 0 Å². The van der Waals surface area contributed by atoms with Crippen molar-refractivity contribution in [2.24, 2.45) is 0 Å². The summed E-state index contributed by atoms with van der Waals surface area (Å²) in [6, 6.07) is 0.675. The van der Waals surface area contributed by atoms with Crippen molar-refractivity contribution in [2.75, 3.05) is 40.8 Å². The predicted molar refractivity (Wildman–Crippen MR) is 80.1 cm³/mol. The average molecular weight is 255 g/mol. The molecule has 0 heterocycles. The molecule has 1 atom stereocenters. The molecule has 0 spiro atoms. The Morgan fingerprint density at radius 2 is 1.83 bits per heavy atom. The largest absolute Gasteiger partial charge is 0.315 e. The number of nitrogens with one attached hydrogen (secondary N) is 1. The van der Waals surface area contributed by atoms with Gasteiger partial charge in [0, 0.05) is 24.7 Å². The van der Waals surface area contributed by atoms with Crippen molar-refractivity contribution < 1.29 is 0 Å². The molecule has 0 bridgehead atoms. The van der Waals surface area contributed by atoms with Gasteiger partial charge in [0.1, 0.15) is 0 Å². The van der Waals surface area contributed by atoms with Gasteiger partial charge in [-0.1, -0.05) is 13.8 Å². The molecule has 0 aromatic heterocycles. The fourth-order valence-electron chi connectivity index (χ4n) is 2.98. The van der Waals surface area contributed by atoms with Gasteiger partial charge in [0.25, 0.3) is 0 Å². The van der Waals surface area contributed by atoms with E-state index in [1.807, 2.05) is 0 Å². The number of likely N-dealkylation sites (N-methyl/N-ethyl adjacent to an activating group) is 2. The minimum atomic E-state index is 0.451. The van der Waals surface area contributed by atoms with Crippen LogP contribution in [0.3, 0.4) is 0 Å². The number of hydrogen-bond donors (Lipinski definition) is 1. The normalized spacial score (nSPS) is 20.2. The highest BCUT2D eigenvalue weighted by Gasteiger charge is 2.40. The van der Waals surface area contributed by atoms with E-state index in [0.29, 0.717) is 11.6 Å². The number of rotatable bonds is 9. The minimum absolute atomic E-state index is 0.451. The monoisotopic (exact) mass is 255 g/mol. The lowest BCUT2D eigenvalue weighted by molar-refractivity contribution is 0.0156. The molecule has 0 radical (unpaired) electrons. The van der Waals surface area contributed by atoms with Crippen LogP contribution in [0.4, 0.5) is 0 Å². The first-order valence-electron chi connectivity index (χ1n) is 7.64. The summed E-state index contributed by atoms with van der Waals surface area (Å²) in [4.78, 5) is 5.01. The first-order valence-corrected chi connectivity index (χ1v) is 7.64. The maximum Gasteiger partial charge on any atom is 0.0330 e. The fraction of sp³-hybridized carbons (Fsp3) is 1.00. The Morgan fingerprint density at radius 3 is 2.22 bits per heavy atom. The van der Waals surface area contributed by atoms with E-state index in [0.717, 1.165) is 13.1 Å². The van der Waals surface area contributed by atoms with Crippen LogP contribution in [0.1, 0.15) is 46.0 Å². The average Bonchev–Trinajstić information content (AvgIpc) is 2.28. The van der Waals surface area contributed by atoms with Crippen LogP contribution in [0.25, 0.3) is 0 Å². The summed E-state index contributed by atoms with van der Waals surface area (Å²) < 4.78 is 0. The lowest BCUT2D eigenvalue weighted by atomic mass is 9.75. The summed E-state index contributed by atoms with van der Waals surface area (Å²) in [5.74, 6) is 0. The summed E-state index contributed by atoms with van der Waals surface area (Å²) in [5, 5.41) is 3.56. The summed E-state index contributed by atoms with van der Waals surface area (Å²) in [6.07, 6.45) is 6.59. The van der Waals surface area contributed by atoms with E-state index in [2.05, 4.69) is 50.1 Å². The first kappa shape index (κ1) is 15.9. The van der Waals surface area contributed by atoms with Gasteiger partial charge in [-0.25, -0.2) is 0 Å². The van der Waals surface area contributed by atoms with E-state index in [-0.39, 0.29) is 0 Å². The van der Waals surface area contributed by atoms with E-state index in [1.165, 1.54) is 38.6 Å². The van der Waals surface area contributed by atoms with E-state index in [9.17, 15) is 0 Å². The van der Waals surface area contributed by atoms with Gasteiger partial charge in [-0.2, -0.15) is 0 Å². The summed E-state index contributed by atoms with van der Waals surface area (Å²) in [5.41, 5.74) is 0.451. The Kier molecular flexibility index (Phi) is 6.61. The zero-order chi connectivity index (χ0) is 13.6. The highest BCUT2D eigenvalue weighted by molar-refractivity contribution is 4.98. The van der Waals surface area contributed by atoms with Gasteiger partial charge in [0.2, 0.25) is 0 Å². The van der Waals surface area contributed by atoms with Gasteiger partial charge in [0.05, 0.1) is 0 Å². The van der Waals surface area contributed by atoms with Crippen LogP contribution < -0.4 is 5.32 Å². The summed E-state index contributed by atoms with van der Waals surface area (Å²) in [6.45, 7) is 8.02. The molecule has 0 aliphatic heterocycles. The quantitative estimate of drug-likeness (QED) is 0.637. The molecule has 0 amide bonds. The highest BCUT2D eigenvalue weighted by Crippen LogP contribution is 2.36. The van der Waals surface area contributed by atoms with Crippen molar-refractivity contribution in [2.45, 2.75) is 57.5 Å². The third-order valence-corrected chi connectivity index (χ3v) is 4.68. The third-order valence-electron chi connectivity index (χ3n) is 4.68. The topological polar surface area (TPSA) is 18.5 Å². The van der Waals surface area contributed by atoms with Crippen molar-refractivity contribution in [3.8, 4) is 0 Å². The molecule has 108 valence electrons. The molecule has 1 fully saturated rings. The van der Waals surface area contributed by atoms with E-state index in [1.54, 1.807) is 0 Å². The maximum absolute atomic E-state index is 3.56. The smallest absolute Gasteiger partial charge is 0.0330 e. The highest BCUT2D eigenvalue weighted by atomic mass is 15.2. The van der Waals surface area contributed by atoms with Crippen LogP contribution in [-0.2, 0) is 0 Å². The second-order valence-corrected chi connectivity index (χ2v) is 6.15. The molecule has 1 unspecified atom stereocenters. The van der Waals surface area contributed by atoms with Crippen LogP contribution >= 0.6 is 0 Å². The summed E-state index contributed by atoms with van der Waals surface area (Å²) in [7, 11) is 6.78. The Bertz CT molecular complexity index is 224. The molecule has 0 aromatic carbocycles. The van der Waals surface area contributed by atoms with Gasteiger partial charge in [-0.15, -0.1) is 0 Å². The van der Waals surface area contributed by atoms with Crippen molar-refractivity contribution in [3.63, 3.8) is 0 Å². The summed E-state index contributed by atoms with van der Waals surface area (Å²) >= 11 is 0. The van der Waals surface area contributed by atoms with Gasteiger partial charge < -0.3 is 15.1 Å². The zero-order valence-electron chi connectivity index (χ0n) is 13.1. The molecular weight excluding hydrogens is 222 g/mol.